The summed E-state index contributed by atoms with van der Waals surface area (Å²) in [4.78, 5) is 18.2. The van der Waals surface area contributed by atoms with Gasteiger partial charge in [0, 0.05) is 12.2 Å². The van der Waals surface area contributed by atoms with Gasteiger partial charge in [-0.1, -0.05) is 17.7 Å². The van der Waals surface area contributed by atoms with Gasteiger partial charge in [-0.15, -0.1) is 0 Å². The maximum Gasteiger partial charge on any atom is 0.414 e. The molecule has 1 aromatic carbocycles. The van der Waals surface area contributed by atoms with Crippen LogP contribution in [0.1, 0.15) is 5.56 Å². The molecule has 118 valence electrons. The van der Waals surface area contributed by atoms with Crippen LogP contribution < -0.4 is 11.1 Å². The highest BCUT2D eigenvalue weighted by Crippen LogP contribution is 2.23. The fourth-order valence-corrected chi connectivity index (χ4v) is 1.13. The highest BCUT2D eigenvalue weighted by molar-refractivity contribution is 6.27. The number of hydrogen-bond donors (Lipinski definition) is 4. The quantitative estimate of drug-likeness (QED) is 0.629. The zero-order chi connectivity index (χ0) is 16.6. The van der Waals surface area contributed by atoms with Gasteiger partial charge in [0.25, 0.3) is 0 Å². The molecule has 0 fully saturated rings. The molecule has 1 aromatic rings. The van der Waals surface area contributed by atoms with Crippen LogP contribution in [0.4, 0.5) is 18.9 Å². The van der Waals surface area contributed by atoms with Crippen molar-refractivity contribution in [3.8, 4) is 0 Å². The number of rotatable bonds is 3. The van der Waals surface area contributed by atoms with Gasteiger partial charge < -0.3 is 21.3 Å². The van der Waals surface area contributed by atoms with Gasteiger partial charge in [-0.2, -0.15) is 13.2 Å². The van der Waals surface area contributed by atoms with Crippen molar-refractivity contribution in [1.82, 2.24) is 0 Å². The number of halogens is 3. The lowest BCUT2D eigenvalue weighted by Crippen LogP contribution is -2.42. The lowest BCUT2D eigenvalue weighted by Gasteiger charge is -2.20. The summed E-state index contributed by atoms with van der Waals surface area (Å²) in [5, 5.41) is 17.1. The summed E-state index contributed by atoms with van der Waals surface area (Å²) < 4.78 is 37.0. The summed E-state index contributed by atoms with van der Waals surface area (Å²) in [6.45, 7) is 1.39. The summed E-state index contributed by atoms with van der Waals surface area (Å²) in [5.74, 6) is -3.65. The van der Waals surface area contributed by atoms with Crippen molar-refractivity contribution in [2.75, 3.05) is 11.9 Å². The maximum absolute atomic E-state index is 12.3. The summed E-state index contributed by atoms with van der Waals surface area (Å²) >= 11 is 0. The second-order valence-corrected chi connectivity index (χ2v) is 3.95. The number of aryl methyl sites for hydroxylation is 1. The number of aliphatic carboxylic acids is 2. The monoisotopic (exact) mass is 308 g/mol. The maximum atomic E-state index is 12.3. The van der Waals surface area contributed by atoms with Crippen molar-refractivity contribution in [1.29, 1.82) is 0 Å². The van der Waals surface area contributed by atoms with Crippen LogP contribution in [0.2, 0.25) is 0 Å². The minimum atomic E-state index is -4.32. The number of carboxylic acids is 2. The Morgan fingerprint density at radius 3 is 1.90 bits per heavy atom. The molecule has 0 aliphatic rings. The third-order valence-corrected chi connectivity index (χ3v) is 2.21. The van der Waals surface area contributed by atoms with Crippen molar-refractivity contribution < 1.29 is 33.0 Å². The molecule has 0 aromatic heterocycles. The summed E-state index contributed by atoms with van der Waals surface area (Å²) in [5.41, 5.74) is 6.48. The van der Waals surface area contributed by atoms with Gasteiger partial charge in [-0.05, 0) is 19.1 Å². The first-order valence-electron chi connectivity index (χ1n) is 5.64. The number of nitrogens with two attached hydrogens (primary N) is 1. The molecule has 9 heteroatoms. The molecule has 0 aliphatic carbocycles. The van der Waals surface area contributed by atoms with E-state index in [-0.39, 0.29) is 0 Å². The minimum absolute atomic E-state index is 0.424. The van der Waals surface area contributed by atoms with E-state index < -0.39 is 30.7 Å². The number of anilines is 1. The van der Waals surface area contributed by atoms with Crippen LogP contribution in [0.3, 0.4) is 0 Å². The van der Waals surface area contributed by atoms with Gasteiger partial charge in [0.05, 0.1) is 0 Å². The fraction of sp³-hybridized carbons (Fsp3) is 0.333. The number of benzene rings is 1. The van der Waals surface area contributed by atoms with E-state index in [1.807, 2.05) is 6.92 Å². The molecular weight excluding hydrogens is 293 g/mol. The Morgan fingerprint density at radius 2 is 1.62 bits per heavy atom. The van der Waals surface area contributed by atoms with Crippen LogP contribution in [-0.4, -0.2) is 40.9 Å². The third kappa shape index (κ3) is 7.78. The molecule has 0 aliphatic heterocycles. The topological polar surface area (TPSA) is 113 Å². The molecule has 1 rings (SSSR count). The van der Waals surface area contributed by atoms with Crippen molar-refractivity contribution in [3.63, 3.8) is 0 Å². The lowest BCUT2D eigenvalue weighted by molar-refractivity contribution is -0.159. The predicted octanol–water partition coefficient (Wildman–Crippen LogP) is 1.45. The van der Waals surface area contributed by atoms with E-state index in [0.29, 0.717) is 5.69 Å². The predicted molar refractivity (Wildman–Crippen MR) is 69.0 cm³/mol. The normalized spacial score (nSPS) is 11.9. The van der Waals surface area contributed by atoms with Gasteiger partial charge >= 0.3 is 18.1 Å². The second-order valence-electron chi connectivity index (χ2n) is 3.95. The van der Waals surface area contributed by atoms with E-state index in [2.05, 4.69) is 5.32 Å². The van der Waals surface area contributed by atoms with Crippen LogP contribution >= 0.6 is 0 Å². The molecule has 1 atom stereocenters. The molecule has 0 bridgehead atoms. The standard InChI is InChI=1S/C10H13F3N2.C2H2O4/c1-7-2-4-8(5-3-7)15-9(6-14)10(11,12)13;3-1(4)2(5)6/h2-5,9,15H,6,14H2,1H3;(H,3,4)(H,5,6). The minimum Gasteiger partial charge on any atom is -0.473 e. The Balaban J connectivity index is 0.000000567. The molecular formula is C12H15F3N2O4. The van der Waals surface area contributed by atoms with Gasteiger partial charge in [-0.3, -0.25) is 0 Å². The van der Waals surface area contributed by atoms with E-state index in [4.69, 9.17) is 25.5 Å². The largest absolute Gasteiger partial charge is 0.473 e. The van der Waals surface area contributed by atoms with E-state index in [1.54, 1.807) is 24.3 Å². The Labute approximate surface area is 118 Å². The molecule has 0 radical (unpaired) electrons. The van der Waals surface area contributed by atoms with Gasteiger partial charge in [0.15, 0.2) is 0 Å². The van der Waals surface area contributed by atoms with Gasteiger partial charge in [0.1, 0.15) is 6.04 Å². The van der Waals surface area contributed by atoms with E-state index in [9.17, 15) is 13.2 Å². The Hall–Kier alpha value is -2.29. The average Bonchev–Trinajstić information content (AvgIpc) is 2.37. The average molecular weight is 308 g/mol. The SMILES string of the molecule is Cc1ccc(NC(CN)C(F)(F)F)cc1.O=C(O)C(=O)O. The van der Waals surface area contributed by atoms with Crippen molar-refractivity contribution in [3.05, 3.63) is 29.8 Å². The van der Waals surface area contributed by atoms with E-state index >= 15 is 0 Å². The number of nitrogens with one attached hydrogen (secondary N) is 1. The lowest BCUT2D eigenvalue weighted by atomic mass is 10.2. The Kier molecular flexibility index (Phi) is 7.22. The van der Waals surface area contributed by atoms with Crippen LogP contribution in [-0.2, 0) is 9.59 Å². The van der Waals surface area contributed by atoms with Crippen molar-refractivity contribution in [2.24, 2.45) is 5.73 Å². The molecule has 5 N–H and O–H groups in total. The molecule has 6 nitrogen and oxygen atoms in total. The molecule has 0 saturated carbocycles. The van der Waals surface area contributed by atoms with Crippen LogP contribution in [0, 0.1) is 6.92 Å². The first-order valence-corrected chi connectivity index (χ1v) is 5.64. The van der Waals surface area contributed by atoms with E-state index in [1.165, 1.54) is 0 Å². The van der Waals surface area contributed by atoms with E-state index in [0.717, 1.165) is 5.56 Å². The Morgan fingerprint density at radius 1 is 1.19 bits per heavy atom. The van der Waals surface area contributed by atoms with Crippen molar-refractivity contribution >= 4 is 17.6 Å². The number of carboxylic acid groups (broad SMARTS) is 2. The molecule has 0 spiro atoms. The molecule has 0 saturated heterocycles. The molecule has 1 unspecified atom stereocenters. The van der Waals surface area contributed by atoms with Crippen LogP contribution in [0.25, 0.3) is 0 Å². The first kappa shape index (κ1) is 18.7. The molecule has 21 heavy (non-hydrogen) atoms. The molecule has 0 heterocycles. The smallest absolute Gasteiger partial charge is 0.414 e. The second kappa shape index (κ2) is 8.10. The van der Waals surface area contributed by atoms with Crippen molar-refractivity contribution in [2.45, 2.75) is 19.1 Å². The Bertz CT molecular complexity index is 462. The zero-order valence-electron chi connectivity index (χ0n) is 11.0. The fourth-order valence-electron chi connectivity index (χ4n) is 1.13. The number of hydrogen-bond acceptors (Lipinski definition) is 4. The molecule has 0 amide bonds. The number of carbonyl (C=O) groups is 2. The highest BCUT2D eigenvalue weighted by atomic mass is 19.4. The third-order valence-electron chi connectivity index (χ3n) is 2.21. The number of alkyl halides is 3. The van der Waals surface area contributed by atoms with Crippen LogP contribution in [0.15, 0.2) is 24.3 Å². The van der Waals surface area contributed by atoms with Gasteiger partial charge in [0.2, 0.25) is 0 Å². The zero-order valence-corrected chi connectivity index (χ0v) is 11.0. The van der Waals surface area contributed by atoms with Crippen LogP contribution in [0.5, 0.6) is 0 Å². The first-order chi connectivity index (χ1) is 9.57. The van der Waals surface area contributed by atoms with Gasteiger partial charge in [-0.25, -0.2) is 9.59 Å². The summed E-state index contributed by atoms with van der Waals surface area (Å²) in [7, 11) is 0. The highest BCUT2D eigenvalue weighted by Gasteiger charge is 2.38. The summed E-state index contributed by atoms with van der Waals surface area (Å²) in [6, 6.07) is 4.99. The summed E-state index contributed by atoms with van der Waals surface area (Å²) in [6.07, 6.45) is -4.32.